The number of pyridine rings is 1. The average Bonchev–Trinajstić information content (AvgIpc) is 2.60. The number of hydrogen-bond donors (Lipinski definition) is 1. The topological polar surface area (TPSA) is 46.4 Å². The molecule has 1 amide bonds. The minimum atomic E-state index is -0.268. The highest BCUT2D eigenvalue weighted by Crippen LogP contribution is 2.22. The first-order valence-electron chi connectivity index (χ1n) is 4.17. The number of rotatable bonds is 1. The average molecular weight is 244 g/mol. The van der Waals surface area contributed by atoms with E-state index in [0.29, 0.717) is 21.4 Å². The van der Waals surface area contributed by atoms with Crippen LogP contribution in [0.4, 0.5) is 0 Å². The van der Waals surface area contributed by atoms with Crippen LogP contribution >= 0.6 is 23.2 Å². The first kappa shape index (κ1) is 10.3. The van der Waals surface area contributed by atoms with Crippen molar-refractivity contribution in [3.05, 3.63) is 34.3 Å². The Bertz CT molecular complexity index is 535. The van der Waals surface area contributed by atoms with Crippen LogP contribution in [0.2, 0.25) is 10.2 Å². The lowest BCUT2D eigenvalue weighted by Crippen LogP contribution is -2.18. The first-order valence-corrected chi connectivity index (χ1v) is 4.93. The molecule has 2 aromatic heterocycles. The zero-order valence-electron chi connectivity index (χ0n) is 7.79. The normalized spacial score (nSPS) is 10.6. The molecule has 15 heavy (non-hydrogen) atoms. The fourth-order valence-corrected chi connectivity index (χ4v) is 1.83. The van der Waals surface area contributed by atoms with Crippen molar-refractivity contribution in [1.29, 1.82) is 0 Å². The van der Waals surface area contributed by atoms with E-state index in [-0.39, 0.29) is 5.91 Å². The van der Waals surface area contributed by atoms with Crippen LogP contribution in [0.3, 0.4) is 0 Å². The van der Waals surface area contributed by atoms with Crippen molar-refractivity contribution in [2.24, 2.45) is 0 Å². The van der Waals surface area contributed by atoms with E-state index in [1.54, 1.807) is 23.6 Å². The third-order valence-electron chi connectivity index (χ3n) is 2.01. The summed E-state index contributed by atoms with van der Waals surface area (Å²) in [5, 5.41) is 3.38. The molecule has 2 rings (SSSR count). The van der Waals surface area contributed by atoms with Gasteiger partial charge >= 0.3 is 0 Å². The van der Waals surface area contributed by atoms with Gasteiger partial charge in [-0.3, -0.25) is 9.20 Å². The molecule has 0 radical (unpaired) electrons. The highest BCUT2D eigenvalue weighted by atomic mass is 35.5. The van der Waals surface area contributed by atoms with Gasteiger partial charge in [-0.1, -0.05) is 23.2 Å². The van der Waals surface area contributed by atoms with Crippen molar-refractivity contribution in [2.75, 3.05) is 7.05 Å². The van der Waals surface area contributed by atoms with Crippen LogP contribution in [0, 0.1) is 0 Å². The van der Waals surface area contributed by atoms with Gasteiger partial charge in [0.1, 0.15) is 11.5 Å². The number of carbonyl (C=O) groups excluding carboxylic acids is 1. The third-order valence-corrected chi connectivity index (χ3v) is 2.52. The molecule has 0 bridgehead atoms. The molecule has 78 valence electrons. The summed E-state index contributed by atoms with van der Waals surface area (Å²) in [7, 11) is 1.54. The number of fused-ring (bicyclic) bond motifs is 1. The lowest BCUT2D eigenvalue weighted by molar-refractivity contribution is 0.0960. The maximum atomic E-state index is 11.4. The molecule has 0 aromatic carbocycles. The summed E-state index contributed by atoms with van der Waals surface area (Å²) < 4.78 is 1.60. The molecular weight excluding hydrogens is 237 g/mol. The van der Waals surface area contributed by atoms with Crippen molar-refractivity contribution in [1.82, 2.24) is 14.7 Å². The molecule has 2 aromatic rings. The van der Waals surface area contributed by atoms with Gasteiger partial charge in [0.05, 0.1) is 5.52 Å². The molecule has 0 aliphatic rings. The van der Waals surface area contributed by atoms with E-state index < -0.39 is 0 Å². The Morgan fingerprint density at radius 2 is 2.20 bits per heavy atom. The van der Waals surface area contributed by atoms with E-state index in [9.17, 15) is 4.79 Å². The standard InChI is InChI=1S/C9H7Cl2N3O/c1-12-9(15)8-6-2-5(10)3-7(11)14(6)4-13-8/h2-4H,1H3,(H,12,15). The zero-order chi connectivity index (χ0) is 11.0. The summed E-state index contributed by atoms with van der Waals surface area (Å²) in [5.41, 5.74) is 0.897. The second-order valence-electron chi connectivity index (χ2n) is 2.92. The van der Waals surface area contributed by atoms with Gasteiger partial charge < -0.3 is 5.32 Å². The van der Waals surface area contributed by atoms with E-state index in [1.807, 2.05) is 0 Å². The highest BCUT2D eigenvalue weighted by molar-refractivity contribution is 6.34. The number of carbonyl (C=O) groups is 1. The summed E-state index contributed by atoms with van der Waals surface area (Å²) >= 11 is 11.8. The summed E-state index contributed by atoms with van der Waals surface area (Å²) in [5.74, 6) is -0.268. The number of hydrogen-bond acceptors (Lipinski definition) is 2. The molecule has 0 unspecified atom stereocenters. The molecule has 6 heteroatoms. The second-order valence-corrected chi connectivity index (χ2v) is 3.75. The molecule has 0 aliphatic carbocycles. The van der Waals surface area contributed by atoms with Crippen molar-refractivity contribution < 1.29 is 4.79 Å². The first-order chi connectivity index (χ1) is 7.13. The van der Waals surface area contributed by atoms with Crippen LogP contribution in [-0.2, 0) is 0 Å². The van der Waals surface area contributed by atoms with E-state index in [1.165, 1.54) is 6.33 Å². The molecule has 1 N–H and O–H groups in total. The Morgan fingerprint density at radius 3 is 2.87 bits per heavy atom. The van der Waals surface area contributed by atoms with Crippen LogP contribution in [0.1, 0.15) is 10.5 Å². The number of amides is 1. The predicted octanol–water partition coefficient (Wildman–Crippen LogP) is 2.00. The van der Waals surface area contributed by atoms with Crippen LogP contribution < -0.4 is 5.32 Å². The van der Waals surface area contributed by atoms with Crippen molar-refractivity contribution in [3.63, 3.8) is 0 Å². The highest BCUT2D eigenvalue weighted by Gasteiger charge is 2.13. The molecule has 4 nitrogen and oxygen atoms in total. The summed E-state index contributed by atoms with van der Waals surface area (Å²) in [6.07, 6.45) is 1.48. The fourth-order valence-electron chi connectivity index (χ4n) is 1.31. The van der Waals surface area contributed by atoms with Crippen molar-refractivity contribution in [3.8, 4) is 0 Å². The van der Waals surface area contributed by atoms with E-state index >= 15 is 0 Å². The lowest BCUT2D eigenvalue weighted by Gasteiger charge is -2.00. The summed E-state index contributed by atoms with van der Waals surface area (Å²) in [6.45, 7) is 0. The number of halogens is 2. The molecule has 0 fully saturated rings. The van der Waals surface area contributed by atoms with E-state index in [2.05, 4.69) is 10.3 Å². The van der Waals surface area contributed by atoms with Crippen LogP contribution in [0.15, 0.2) is 18.5 Å². The number of imidazole rings is 1. The SMILES string of the molecule is CNC(=O)c1ncn2c(Cl)cc(Cl)cc12. The van der Waals surface area contributed by atoms with Gasteiger partial charge in [0.2, 0.25) is 0 Å². The Balaban J connectivity index is 2.74. The summed E-state index contributed by atoms with van der Waals surface area (Å²) in [6, 6.07) is 3.23. The zero-order valence-corrected chi connectivity index (χ0v) is 9.30. The predicted molar refractivity (Wildman–Crippen MR) is 58.6 cm³/mol. The molecule has 0 saturated carbocycles. The Labute approximate surface area is 95.8 Å². The molecule has 0 saturated heterocycles. The molecule has 0 aliphatic heterocycles. The van der Waals surface area contributed by atoms with Gasteiger partial charge in [0.25, 0.3) is 5.91 Å². The largest absolute Gasteiger partial charge is 0.354 e. The van der Waals surface area contributed by atoms with Gasteiger partial charge in [0.15, 0.2) is 5.69 Å². The molecule has 0 spiro atoms. The van der Waals surface area contributed by atoms with Crippen molar-refractivity contribution >= 4 is 34.6 Å². The van der Waals surface area contributed by atoms with Crippen LogP contribution in [-0.4, -0.2) is 22.3 Å². The maximum absolute atomic E-state index is 11.4. The van der Waals surface area contributed by atoms with E-state index in [4.69, 9.17) is 23.2 Å². The monoisotopic (exact) mass is 243 g/mol. The van der Waals surface area contributed by atoms with E-state index in [0.717, 1.165) is 0 Å². The van der Waals surface area contributed by atoms with Gasteiger partial charge in [-0.25, -0.2) is 4.98 Å². The smallest absolute Gasteiger partial charge is 0.271 e. The van der Waals surface area contributed by atoms with Gasteiger partial charge in [-0.2, -0.15) is 0 Å². The number of aromatic nitrogens is 2. The Morgan fingerprint density at radius 1 is 1.47 bits per heavy atom. The summed E-state index contributed by atoms with van der Waals surface area (Å²) in [4.78, 5) is 15.4. The van der Waals surface area contributed by atoms with Crippen LogP contribution in [0.5, 0.6) is 0 Å². The minimum Gasteiger partial charge on any atom is -0.354 e. The third kappa shape index (κ3) is 1.66. The van der Waals surface area contributed by atoms with Gasteiger partial charge in [0, 0.05) is 12.1 Å². The fraction of sp³-hybridized carbons (Fsp3) is 0.111. The lowest BCUT2D eigenvalue weighted by atomic mass is 10.3. The quantitative estimate of drug-likeness (QED) is 0.780. The molecular formula is C9H7Cl2N3O. The minimum absolute atomic E-state index is 0.268. The number of nitrogens with zero attached hydrogens (tertiary/aromatic N) is 2. The molecule has 2 heterocycles. The number of nitrogens with one attached hydrogen (secondary N) is 1. The molecule has 0 atom stereocenters. The van der Waals surface area contributed by atoms with Crippen LogP contribution in [0.25, 0.3) is 5.52 Å². The Hall–Kier alpha value is -1.26. The second kappa shape index (κ2) is 3.72. The maximum Gasteiger partial charge on any atom is 0.271 e. The van der Waals surface area contributed by atoms with Gasteiger partial charge in [-0.05, 0) is 12.1 Å². The van der Waals surface area contributed by atoms with Crippen molar-refractivity contribution in [2.45, 2.75) is 0 Å². The van der Waals surface area contributed by atoms with Gasteiger partial charge in [-0.15, -0.1) is 0 Å². The Kier molecular flexibility index (Phi) is 2.54.